The minimum absolute atomic E-state index is 1.02. The summed E-state index contributed by atoms with van der Waals surface area (Å²) in [5.41, 5.74) is 6.32. The van der Waals surface area contributed by atoms with E-state index in [1.54, 1.807) is 22.3 Å². The van der Waals surface area contributed by atoms with Crippen LogP contribution in [0.5, 0.6) is 0 Å². The van der Waals surface area contributed by atoms with Gasteiger partial charge in [-0.25, -0.2) is 0 Å². The lowest BCUT2D eigenvalue weighted by atomic mass is 10.2. The fourth-order valence-electron chi connectivity index (χ4n) is 6.02. The van der Waals surface area contributed by atoms with E-state index >= 15 is 0 Å². The predicted molar refractivity (Wildman–Crippen MR) is 157 cm³/mol. The third-order valence-corrected chi connectivity index (χ3v) is 22.5. The van der Waals surface area contributed by atoms with E-state index in [2.05, 4.69) is 51.4 Å². The van der Waals surface area contributed by atoms with E-state index in [9.17, 15) is 0 Å². The summed E-state index contributed by atoms with van der Waals surface area (Å²) in [6.07, 6.45) is 14.4. The molecule has 2 fully saturated rings. The lowest BCUT2D eigenvalue weighted by molar-refractivity contribution is 0.567. The third-order valence-electron chi connectivity index (χ3n) is 7.81. The average molecular weight is 556 g/mol. The van der Waals surface area contributed by atoms with Crippen molar-refractivity contribution in [1.82, 2.24) is 0 Å². The summed E-state index contributed by atoms with van der Waals surface area (Å²) in [6, 6.07) is 4.69. The van der Waals surface area contributed by atoms with Crippen molar-refractivity contribution in [3.8, 4) is 0 Å². The molecule has 0 aromatic carbocycles. The zero-order valence-electron chi connectivity index (χ0n) is 21.8. The topological polar surface area (TPSA) is 9.23 Å². The molecule has 0 radical (unpaired) electrons. The maximum absolute atomic E-state index is 7.75. The molecule has 184 valence electrons. The van der Waals surface area contributed by atoms with Crippen LogP contribution in [0.4, 0.5) is 0 Å². The molecule has 0 aliphatic heterocycles. The highest BCUT2D eigenvalue weighted by Crippen LogP contribution is 2.51. The van der Waals surface area contributed by atoms with Gasteiger partial charge in [0.1, 0.15) is 0 Å². The minimum atomic E-state index is -2.62. The zero-order chi connectivity index (χ0) is 24.1. The molecule has 0 N–H and O–H groups in total. The molecule has 0 heterocycles. The highest BCUT2D eigenvalue weighted by Gasteiger charge is 2.51. The largest absolute Gasteiger partial charge is 0.426 e. The molecular weight excluding hydrogens is 512 g/mol. The first-order chi connectivity index (χ1) is 15.3. The highest BCUT2D eigenvalue weighted by molar-refractivity contribution is 7.30. The van der Waals surface area contributed by atoms with Crippen LogP contribution < -0.4 is 0 Å². The van der Waals surface area contributed by atoms with E-state index in [-0.39, 0.29) is 0 Å². The Morgan fingerprint density at radius 1 is 0.636 bits per heavy atom. The highest BCUT2D eigenvalue weighted by atomic mass is 35.6. The summed E-state index contributed by atoms with van der Waals surface area (Å²) in [4.78, 5) is 0. The summed E-state index contributed by atoms with van der Waals surface area (Å²) in [5, 5.41) is 2.84. The van der Waals surface area contributed by atoms with Crippen LogP contribution in [0.2, 0.25) is 63.5 Å². The van der Waals surface area contributed by atoms with Crippen molar-refractivity contribution >= 4 is 53.6 Å². The van der Waals surface area contributed by atoms with Gasteiger partial charge in [0, 0.05) is 16.1 Å². The molecule has 4 aliphatic carbocycles. The van der Waals surface area contributed by atoms with Gasteiger partial charge < -0.3 is 4.12 Å². The van der Waals surface area contributed by atoms with Gasteiger partial charge >= 0.3 is 15.3 Å². The monoisotopic (exact) mass is 554 g/mol. The number of rotatable bonds is 12. The van der Waals surface area contributed by atoms with E-state index in [0.29, 0.717) is 0 Å². The first kappa shape index (κ1) is 26.4. The molecule has 0 amide bonds. The molecule has 4 rings (SSSR count). The first-order valence-corrected chi connectivity index (χ1v) is 26.9. The van der Waals surface area contributed by atoms with Gasteiger partial charge in [0.25, 0.3) is 0 Å². The van der Waals surface area contributed by atoms with Crippen LogP contribution in [0.25, 0.3) is 0 Å². The second kappa shape index (κ2) is 9.68. The van der Waals surface area contributed by atoms with Crippen molar-refractivity contribution in [2.45, 2.75) is 115 Å². The molecule has 4 aliphatic rings. The lowest BCUT2D eigenvalue weighted by Crippen LogP contribution is -2.48. The fourth-order valence-corrected chi connectivity index (χ4v) is 21.7. The summed E-state index contributed by atoms with van der Waals surface area (Å²) < 4.78 is 7.36. The molecule has 2 saturated carbocycles. The summed E-state index contributed by atoms with van der Waals surface area (Å²) >= 11 is 15.5. The Balaban J connectivity index is 1.62. The maximum Gasteiger partial charge on any atom is 0.313 e. The van der Waals surface area contributed by atoms with Crippen molar-refractivity contribution < 1.29 is 4.12 Å². The summed E-state index contributed by atoms with van der Waals surface area (Å²) in [7, 11) is -7.46. The predicted octanol–water partition coefficient (Wildman–Crippen LogP) is 9.74. The van der Waals surface area contributed by atoms with Gasteiger partial charge in [-0.05, 0) is 61.0 Å². The average Bonchev–Trinajstić information content (AvgIpc) is 3.46. The van der Waals surface area contributed by atoms with Crippen LogP contribution in [-0.2, 0) is 4.12 Å². The number of hydrogen-bond donors (Lipinski definition) is 0. The molecule has 1 nitrogen and oxygen atoms in total. The van der Waals surface area contributed by atoms with Crippen molar-refractivity contribution in [1.29, 1.82) is 0 Å². The molecule has 33 heavy (non-hydrogen) atoms. The van der Waals surface area contributed by atoms with E-state index in [0.717, 1.165) is 24.9 Å². The van der Waals surface area contributed by atoms with E-state index in [4.69, 9.17) is 26.3 Å². The second-order valence-corrected chi connectivity index (χ2v) is 34.1. The normalized spacial score (nSPS) is 23.9. The van der Waals surface area contributed by atoms with Crippen LogP contribution in [0.15, 0.2) is 44.8 Å². The smallest absolute Gasteiger partial charge is 0.313 e. The van der Waals surface area contributed by atoms with Crippen LogP contribution >= 0.6 is 22.2 Å². The Labute approximate surface area is 216 Å². The summed E-state index contributed by atoms with van der Waals surface area (Å²) in [5.74, 6) is 0. The van der Waals surface area contributed by atoms with Gasteiger partial charge in [0.05, 0.1) is 0 Å². The molecule has 0 aromatic heterocycles. The Bertz CT molecular complexity index is 848. The van der Waals surface area contributed by atoms with Gasteiger partial charge in [-0.3, -0.25) is 0 Å². The lowest BCUT2D eigenvalue weighted by Gasteiger charge is -2.38. The van der Waals surface area contributed by atoms with Crippen LogP contribution in [-0.4, -0.2) is 31.4 Å². The summed E-state index contributed by atoms with van der Waals surface area (Å²) in [6.45, 7) is 14.8. The van der Waals surface area contributed by atoms with Crippen molar-refractivity contribution in [2.75, 3.05) is 0 Å². The number of halogens is 2. The van der Waals surface area contributed by atoms with Crippen molar-refractivity contribution in [2.24, 2.45) is 0 Å². The van der Waals surface area contributed by atoms with Crippen molar-refractivity contribution in [3.63, 3.8) is 0 Å². The van der Waals surface area contributed by atoms with Crippen molar-refractivity contribution in [3.05, 3.63) is 44.8 Å². The van der Waals surface area contributed by atoms with Gasteiger partial charge in [0.15, 0.2) is 0 Å². The van der Waals surface area contributed by atoms with E-state index in [1.807, 2.05) is 0 Å². The molecule has 4 bridgehead atoms. The third kappa shape index (κ3) is 6.39. The Kier molecular flexibility index (Phi) is 7.75. The molecule has 0 aromatic rings. The van der Waals surface area contributed by atoms with Gasteiger partial charge in [-0.15, -0.1) is 22.2 Å². The second-order valence-electron chi connectivity index (χ2n) is 13.4. The standard InChI is InChI=1S/C26H44Cl2OSi4/c1-30(2,3)13-7-15-32(27,25-19-21-9-11-23(25)17-21)29-33(28,16-8-14-31(4,5)6)26-20-22-10-12-24(26)18-22/h19-20H,7-18H2,1-6H3. The Morgan fingerprint density at radius 2 is 1.03 bits per heavy atom. The van der Waals surface area contributed by atoms with Crippen LogP contribution in [0.1, 0.15) is 51.4 Å². The molecule has 2 unspecified atom stereocenters. The first-order valence-electron chi connectivity index (χ1n) is 13.2. The Hall–Kier alpha value is 0.368. The molecule has 0 saturated heterocycles. The molecular formula is C26H44Cl2OSi4. The molecule has 2 atom stereocenters. The fraction of sp³-hybridized carbons (Fsp3) is 0.692. The van der Waals surface area contributed by atoms with Gasteiger partial charge in [0.2, 0.25) is 0 Å². The van der Waals surface area contributed by atoms with Gasteiger partial charge in [-0.2, -0.15) is 0 Å². The van der Waals surface area contributed by atoms with Gasteiger partial charge in [-0.1, -0.05) is 98.7 Å². The van der Waals surface area contributed by atoms with Crippen LogP contribution in [0.3, 0.4) is 0 Å². The van der Waals surface area contributed by atoms with E-state index in [1.165, 1.54) is 61.0 Å². The van der Waals surface area contributed by atoms with E-state index < -0.39 is 31.4 Å². The number of hydrogen-bond acceptors (Lipinski definition) is 1. The SMILES string of the molecule is C[Si](C)(C)CCC[Si](Cl)(O[Si](Cl)(CCC[Si](C)(C)C)C1=C2CCC(=C1)C2)C1=C2CCC(=C1)C2. The number of fused-ring (bicyclic) bond motifs is 4. The maximum atomic E-state index is 7.75. The molecule has 0 spiro atoms. The zero-order valence-corrected chi connectivity index (χ0v) is 27.3. The number of allylic oxidation sites excluding steroid dienone is 8. The Morgan fingerprint density at radius 3 is 1.30 bits per heavy atom. The van der Waals surface area contributed by atoms with Crippen LogP contribution in [0, 0.1) is 0 Å². The molecule has 7 heteroatoms. The quantitative estimate of drug-likeness (QED) is 0.172. The minimum Gasteiger partial charge on any atom is -0.426 e.